The zero-order chi connectivity index (χ0) is 13.4. The third-order valence-electron chi connectivity index (χ3n) is 2.77. The molecule has 0 aliphatic rings. The highest BCUT2D eigenvalue weighted by Crippen LogP contribution is 2.23. The SMILES string of the molecule is O=C(O)c1ccc2c(c1)nnn2-c1ccccc1Br. The number of hydrogen-bond donors (Lipinski definition) is 1. The normalized spacial score (nSPS) is 10.8. The maximum atomic E-state index is 10.9. The molecule has 1 heterocycles. The molecule has 3 aromatic rings. The van der Waals surface area contributed by atoms with Crippen molar-refractivity contribution >= 4 is 32.9 Å². The Morgan fingerprint density at radius 1 is 1.21 bits per heavy atom. The van der Waals surface area contributed by atoms with E-state index in [0.717, 1.165) is 15.7 Å². The first-order valence-electron chi connectivity index (χ1n) is 5.50. The van der Waals surface area contributed by atoms with Crippen LogP contribution >= 0.6 is 15.9 Å². The molecule has 0 fully saturated rings. The first-order valence-corrected chi connectivity index (χ1v) is 6.30. The molecule has 3 rings (SSSR count). The predicted octanol–water partition coefficient (Wildman–Crippen LogP) is 2.88. The summed E-state index contributed by atoms with van der Waals surface area (Å²) in [7, 11) is 0. The van der Waals surface area contributed by atoms with Gasteiger partial charge in [-0.05, 0) is 46.3 Å². The molecule has 0 saturated heterocycles. The summed E-state index contributed by atoms with van der Waals surface area (Å²) in [6.45, 7) is 0. The van der Waals surface area contributed by atoms with Gasteiger partial charge in [-0.1, -0.05) is 17.3 Å². The third kappa shape index (κ3) is 2.00. The van der Waals surface area contributed by atoms with Crippen molar-refractivity contribution in [2.45, 2.75) is 0 Å². The van der Waals surface area contributed by atoms with E-state index in [1.165, 1.54) is 6.07 Å². The summed E-state index contributed by atoms with van der Waals surface area (Å²) in [5.41, 5.74) is 2.37. The van der Waals surface area contributed by atoms with E-state index in [1.807, 2.05) is 24.3 Å². The van der Waals surface area contributed by atoms with E-state index in [0.29, 0.717) is 5.52 Å². The van der Waals surface area contributed by atoms with Gasteiger partial charge in [-0.2, -0.15) is 0 Å². The van der Waals surface area contributed by atoms with Crippen LogP contribution in [-0.4, -0.2) is 26.1 Å². The molecule has 1 N–H and O–H groups in total. The summed E-state index contributed by atoms with van der Waals surface area (Å²) < 4.78 is 2.56. The molecule has 0 amide bonds. The van der Waals surface area contributed by atoms with E-state index in [9.17, 15) is 4.79 Å². The van der Waals surface area contributed by atoms with Crippen molar-refractivity contribution in [3.63, 3.8) is 0 Å². The summed E-state index contributed by atoms with van der Waals surface area (Å²) in [4.78, 5) is 10.9. The van der Waals surface area contributed by atoms with E-state index in [4.69, 9.17) is 5.11 Å². The number of rotatable bonds is 2. The molecule has 94 valence electrons. The molecule has 0 atom stereocenters. The Hall–Kier alpha value is -2.21. The van der Waals surface area contributed by atoms with Crippen LogP contribution in [0.25, 0.3) is 16.7 Å². The van der Waals surface area contributed by atoms with Crippen molar-refractivity contribution in [1.29, 1.82) is 0 Å². The van der Waals surface area contributed by atoms with E-state index in [-0.39, 0.29) is 5.56 Å². The molecule has 1 aromatic heterocycles. The largest absolute Gasteiger partial charge is 0.478 e. The van der Waals surface area contributed by atoms with Gasteiger partial charge in [-0.25, -0.2) is 9.48 Å². The average Bonchev–Trinajstić information content (AvgIpc) is 2.82. The number of para-hydroxylation sites is 1. The van der Waals surface area contributed by atoms with Crippen molar-refractivity contribution in [1.82, 2.24) is 15.0 Å². The first-order chi connectivity index (χ1) is 9.16. The number of hydrogen-bond acceptors (Lipinski definition) is 3. The molecular weight excluding hydrogens is 310 g/mol. The van der Waals surface area contributed by atoms with E-state index in [2.05, 4.69) is 26.2 Å². The van der Waals surface area contributed by atoms with Gasteiger partial charge in [-0.3, -0.25) is 0 Å². The zero-order valence-corrected chi connectivity index (χ0v) is 11.2. The van der Waals surface area contributed by atoms with Crippen LogP contribution in [0.15, 0.2) is 46.9 Å². The predicted molar refractivity (Wildman–Crippen MR) is 73.5 cm³/mol. The number of fused-ring (bicyclic) bond motifs is 1. The van der Waals surface area contributed by atoms with Gasteiger partial charge in [0.05, 0.1) is 16.8 Å². The second kappa shape index (κ2) is 4.47. The number of benzene rings is 2. The molecule has 0 bridgehead atoms. The van der Waals surface area contributed by atoms with Crippen molar-refractivity contribution < 1.29 is 9.90 Å². The minimum Gasteiger partial charge on any atom is -0.478 e. The summed E-state index contributed by atoms with van der Waals surface area (Å²) in [5, 5.41) is 17.0. The highest BCUT2D eigenvalue weighted by Gasteiger charge is 2.11. The van der Waals surface area contributed by atoms with Crippen molar-refractivity contribution in [3.8, 4) is 5.69 Å². The third-order valence-corrected chi connectivity index (χ3v) is 3.44. The van der Waals surface area contributed by atoms with Crippen LogP contribution in [0.2, 0.25) is 0 Å². The lowest BCUT2D eigenvalue weighted by Crippen LogP contribution is -1.98. The van der Waals surface area contributed by atoms with Gasteiger partial charge in [0.1, 0.15) is 5.52 Å². The second-order valence-electron chi connectivity index (χ2n) is 3.96. The fraction of sp³-hybridized carbons (Fsp3) is 0. The number of carboxylic acid groups (broad SMARTS) is 1. The second-order valence-corrected chi connectivity index (χ2v) is 4.82. The first kappa shape index (κ1) is 11.9. The lowest BCUT2D eigenvalue weighted by atomic mass is 10.2. The van der Waals surface area contributed by atoms with Crippen LogP contribution in [0, 0.1) is 0 Å². The van der Waals surface area contributed by atoms with Crippen molar-refractivity contribution in [3.05, 3.63) is 52.5 Å². The molecule has 0 aliphatic carbocycles. The van der Waals surface area contributed by atoms with Gasteiger partial charge < -0.3 is 5.11 Å². The van der Waals surface area contributed by atoms with Gasteiger partial charge in [-0.15, -0.1) is 5.10 Å². The zero-order valence-electron chi connectivity index (χ0n) is 9.62. The summed E-state index contributed by atoms with van der Waals surface area (Å²) in [6, 6.07) is 12.4. The minimum absolute atomic E-state index is 0.201. The molecule has 6 heteroatoms. The number of halogens is 1. The Morgan fingerprint density at radius 2 is 2.00 bits per heavy atom. The van der Waals surface area contributed by atoms with Gasteiger partial charge in [0.2, 0.25) is 0 Å². The summed E-state index contributed by atoms with van der Waals surface area (Å²) >= 11 is 3.46. The maximum Gasteiger partial charge on any atom is 0.335 e. The van der Waals surface area contributed by atoms with E-state index in [1.54, 1.807) is 16.8 Å². The molecule has 2 aromatic carbocycles. The highest BCUT2D eigenvalue weighted by atomic mass is 79.9. The Balaban J connectivity index is 2.22. The topological polar surface area (TPSA) is 68.0 Å². The van der Waals surface area contributed by atoms with Crippen LogP contribution in [0.3, 0.4) is 0 Å². The Morgan fingerprint density at radius 3 is 2.74 bits per heavy atom. The lowest BCUT2D eigenvalue weighted by Gasteiger charge is -2.04. The number of aromatic carboxylic acids is 1. The van der Waals surface area contributed by atoms with Gasteiger partial charge in [0.25, 0.3) is 0 Å². The Kier molecular flexibility index (Phi) is 2.79. The minimum atomic E-state index is -0.975. The molecule has 0 saturated carbocycles. The highest BCUT2D eigenvalue weighted by molar-refractivity contribution is 9.10. The van der Waals surface area contributed by atoms with Crippen LogP contribution < -0.4 is 0 Å². The van der Waals surface area contributed by atoms with E-state index >= 15 is 0 Å². The van der Waals surface area contributed by atoms with Crippen molar-refractivity contribution in [2.75, 3.05) is 0 Å². The van der Waals surface area contributed by atoms with Crippen LogP contribution in [0.1, 0.15) is 10.4 Å². The molecule has 0 spiro atoms. The number of aromatic nitrogens is 3. The van der Waals surface area contributed by atoms with Crippen LogP contribution in [0.4, 0.5) is 0 Å². The summed E-state index contributed by atoms with van der Waals surface area (Å²) in [5.74, 6) is -0.975. The Labute approximate surface area is 116 Å². The molecule has 19 heavy (non-hydrogen) atoms. The monoisotopic (exact) mass is 317 g/mol. The number of carbonyl (C=O) groups is 1. The molecule has 0 unspecified atom stereocenters. The standard InChI is InChI=1S/C13H8BrN3O2/c14-9-3-1-2-4-11(9)17-12-6-5-8(13(18)19)7-10(12)15-16-17/h1-7H,(H,18,19). The smallest absolute Gasteiger partial charge is 0.335 e. The fourth-order valence-electron chi connectivity index (χ4n) is 1.86. The fourth-order valence-corrected chi connectivity index (χ4v) is 2.31. The summed E-state index contributed by atoms with van der Waals surface area (Å²) in [6.07, 6.45) is 0. The van der Waals surface area contributed by atoms with Gasteiger partial charge in [0.15, 0.2) is 0 Å². The van der Waals surface area contributed by atoms with E-state index < -0.39 is 5.97 Å². The van der Waals surface area contributed by atoms with Crippen molar-refractivity contribution in [2.24, 2.45) is 0 Å². The molecule has 0 aliphatic heterocycles. The average molecular weight is 318 g/mol. The lowest BCUT2D eigenvalue weighted by molar-refractivity contribution is 0.0697. The number of nitrogens with zero attached hydrogens (tertiary/aromatic N) is 3. The quantitative estimate of drug-likeness (QED) is 0.789. The number of carboxylic acids is 1. The molecule has 5 nitrogen and oxygen atoms in total. The molecular formula is C13H8BrN3O2. The van der Waals surface area contributed by atoms with Crippen LogP contribution in [0.5, 0.6) is 0 Å². The van der Waals surface area contributed by atoms with Gasteiger partial charge in [0, 0.05) is 4.47 Å². The molecule has 0 radical (unpaired) electrons. The Bertz CT molecular complexity index is 782. The van der Waals surface area contributed by atoms with Gasteiger partial charge >= 0.3 is 5.97 Å². The van der Waals surface area contributed by atoms with Crippen LogP contribution in [-0.2, 0) is 0 Å². The maximum absolute atomic E-state index is 10.9.